The number of aliphatic hydroxyl groups is 1. The molecule has 0 saturated carbocycles. The topological polar surface area (TPSA) is 102 Å². The lowest BCUT2D eigenvalue weighted by molar-refractivity contribution is -0.156. The Kier molecular flexibility index (Phi) is 41.9. The van der Waals surface area contributed by atoms with E-state index < -0.39 is 23.5 Å². The van der Waals surface area contributed by atoms with Crippen LogP contribution in [0.3, 0.4) is 0 Å². The first-order chi connectivity index (χ1) is 39.6. The van der Waals surface area contributed by atoms with Crippen LogP contribution >= 0.6 is 0 Å². The van der Waals surface area contributed by atoms with E-state index in [0.29, 0.717) is 18.4 Å². The number of carbonyl (C=O) groups excluding carboxylic acids is 1. The first kappa shape index (κ1) is 74.8. The molecule has 0 aliphatic carbocycles. The Hall–Kier alpha value is -3.33. The third-order valence-corrected chi connectivity index (χ3v) is 15.2. The fraction of sp³-hybridized carbons (Fsp3) is 0.795. The van der Waals surface area contributed by atoms with E-state index in [1.165, 1.54) is 128 Å². The molecule has 3 fully saturated rings. The van der Waals surface area contributed by atoms with Gasteiger partial charge in [-0.1, -0.05) is 175 Å². The Morgan fingerprint density at radius 3 is 1.28 bits per heavy atom. The fourth-order valence-electron chi connectivity index (χ4n) is 10.7. The van der Waals surface area contributed by atoms with Crippen molar-refractivity contribution in [2.75, 3.05) is 0 Å². The molecular formula is C73H122O9. The molecule has 0 aromatic heterocycles. The zero-order valence-electron chi connectivity index (χ0n) is 54.7. The monoisotopic (exact) mass is 1140 g/mol. The van der Waals surface area contributed by atoms with Crippen molar-refractivity contribution >= 4 is 5.97 Å². The molecule has 0 spiro atoms. The van der Waals surface area contributed by atoms with Crippen LogP contribution in [0.25, 0.3) is 0 Å². The van der Waals surface area contributed by atoms with E-state index in [0.717, 1.165) is 95.7 Å². The van der Waals surface area contributed by atoms with Crippen molar-refractivity contribution in [3.8, 4) is 35.5 Å². The summed E-state index contributed by atoms with van der Waals surface area (Å²) >= 11 is 0. The van der Waals surface area contributed by atoms with Crippen LogP contribution in [0.2, 0.25) is 0 Å². The normalized spacial score (nSPS) is 21.2. The lowest BCUT2D eigenvalue weighted by Crippen LogP contribution is -2.38. The number of unbranched alkanes of at least 4 members (excludes halogenated alkanes) is 24. The number of benzene rings is 1. The maximum absolute atomic E-state index is 12.6. The average Bonchev–Trinajstić information content (AvgIpc) is 4.29. The zero-order valence-corrected chi connectivity index (χ0v) is 54.7. The Morgan fingerprint density at radius 1 is 0.488 bits per heavy atom. The van der Waals surface area contributed by atoms with Crippen molar-refractivity contribution in [2.24, 2.45) is 0 Å². The third-order valence-electron chi connectivity index (χ3n) is 15.2. The Labute approximate surface area is 504 Å². The summed E-state index contributed by atoms with van der Waals surface area (Å²) in [4.78, 5) is 12.6. The van der Waals surface area contributed by atoms with E-state index in [-0.39, 0.29) is 42.6 Å². The van der Waals surface area contributed by atoms with Gasteiger partial charge in [-0.15, -0.1) is 35.5 Å². The van der Waals surface area contributed by atoms with Crippen LogP contribution < -0.4 is 0 Å². The van der Waals surface area contributed by atoms with Crippen molar-refractivity contribution in [3.63, 3.8) is 0 Å². The summed E-state index contributed by atoms with van der Waals surface area (Å²) in [5.74, 6) is 18.9. The van der Waals surface area contributed by atoms with Gasteiger partial charge < -0.3 is 38.3 Å². The van der Waals surface area contributed by atoms with Crippen molar-refractivity contribution < 1.29 is 43.1 Å². The lowest BCUT2D eigenvalue weighted by atomic mass is 9.99. The van der Waals surface area contributed by atoms with Crippen LogP contribution in [0.1, 0.15) is 325 Å². The number of ether oxygens (including phenoxy) is 7. The Morgan fingerprint density at radius 2 is 0.878 bits per heavy atom. The molecule has 9 nitrogen and oxygen atoms in total. The third kappa shape index (κ3) is 35.2. The van der Waals surface area contributed by atoms with Crippen molar-refractivity contribution in [2.45, 2.75) is 374 Å². The molecule has 4 rings (SSSR count). The molecule has 3 heterocycles. The summed E-state index contributed by atoms with van der Waals surface area (Å²) in [7, 11) is 0. The molecule has 3 aliphatic heterocycles. The minimum Gasteiger partial charge on any atom is -0.465 e. The average molecular weight is 1140 g/mol. The van der Waals surface area contributed by atoms with Crippen LogP contribution in [0.5, 0.6) is 0 Å². The van der Waals surface area contributed by atoms with Crippen molar-refractivity contribution in [3.05, 3.63) is 47.7 Å². The maximum atomic E-state index is 12.6. The van der Waals surface area contributed by atoms with Gasteiger partial charge in [0.1, 0.15) is 30.2 Å². The smallest absolute Gasteiger partial charge is 0.338 e. The molecule has 3 saturated heterocycles. The van der Waals surface area contributed by atoms with Crippen LogP contribution in [0.15, 0.2) is 42.2 Å². The number of esters is 1. The van der Waals surface area contributed by atoms with E-state index in [4.69, 9.17) is 33.2 Å². The number of hydrogen-bond acceptors (Lipinski definition) is 9. The summed E-state index contributed by atoms with van der Waals surface area (Å²) < 4.78 is 42.0. The molecule has 1 N–H and O–H groups in total. The molecule has 9 heteroatoms. The SMILES string of the molecule is CC/C=C1\OC(C)(C)O[C@@H]1CCCCCCC#CCCCCCC.CCCCCCC#CCCCCCC[C@H]1OC(C)(C)O[C@H]1[C@H](CC)OC(=O)c1ccccc1.CCCCCCC#CCCCCCC[C@H]1OC(C)(C)O[C@H]1[C@H](O)CC. The van der Waals surface area contributed by atoms with Gasteiger partial charge in [-0.05, 0) is 123 Å². The lowest BCUT2D eigenvalue weighted by Gasteiger charge is -2.26. The summed E-state index contributed by atoms with van der Waals surface area (Å²) in [6.45, 7) is 24.6. The van der Waals surface area contributed by atoms with E-state index in [2.05, 4.69) is 69.3 Å². The summed E-state index contributed by atoms with van der Waals surface area (Å²) in [5, 5.41) is 10.1. The number of carbonyl (C=O) groups is 1. The van der Waals surface area contributed by atoms with Gasteiger partial charge in [-0.25, -0.2) is 4.79 Å². The molecule has 82 heavy (non-hydrogen) atoms. The van der Waals surface area contributed by atoms with Gasteiger partial charge in [-0.3, -0.25) is 0 Å². The highest BCUT2D eigenvalue weighted by atomic mass is 16.8. The molecular weight excluding hydrogens is 1020 g/mol. The first-order valence-electron chi connectivity index (χ1n) is 33.6. The highest BCUT2D eigenvalue weighted by Crippen LogP contribution is 2.37. The maximum Gasteiger partial charge on any atom is 0.338 e. The first-order valence-corrected chi connectivity index (χ1v) is 33.6. The van der Waals surface area contributed by atoms with Crippen LogP contribution in [-0.4, -0.2) is 71.2 Å². The molecule has 3 aliphatic rings. The van der Waals surface area contributed by atoms with E-state index in [1.807, 2.05) is 73.6 Å². The van der Waals surface area contributed by atoms with Crippen molar-refractivity contribution in [1.29, 1.82) is 0 Å². The molecule has 0 unspecified atom stereocenters. The van der Waals surface area contributed by atoms with E-state index in [9.17, 15) is 9.90 Å². The molecule has 0 radical (unpaired) electrons. The number of allylic oxidation sites excluding steroid dienone is 1. The quantitative estimate of drug-likeness (QED) is 0.0396. The summed E-state index contributed by atoms with van der Waals surface area (Å²) in [6, 6.07) is 9.14. The largest absolute Gasteiger partial charge is 0.465 e. The molecule has 1 aromatic rings. The highest BCUT2D eigenvalue weighted by Gasteiger charge is 2.46. The van der Waals surface area contributed by atoms with Gasteiger partial charge >= 0.3 is 5.97 Å². The summed E-state index contributed by atoms with van der Waals surface area (Å²) in [6.07, 6.45) is 42.6. The van der Waals surface area contributed by atoms with Gasteiger partial charge in [0.05, 0.1) is 23.9 Å². The van der Waals surface area contributed by atoms with E-state index in [1.54, 1.807) is 12.1 Å². The molecule has 1 aromatic carbocycles. The number of rotatable bonds is 37. The minimum absolute atomic E-state index is 0.0212. The second-order valence-electron chi connectivity index (χ2n) is 24.4. The number of hydrogen-bond donors (Lipinski definition) is 1. The summed E-state index contributed by atoms with van der Waals surface area (Å²) in [5.41, 5.74) is 0.565. The molecule has 468 valence electrons. The molecule has 7 atom stereocenters. The zero-order chi connectivity index (χ0) is 60.2. The predicted octanol–water partition coefficient (Wildman–Crippen LogP) is 19.8. The highest BCUT2D eigenvalue weighted by molar-refractivity contribution is 5.89. The Bertz CT molecular complexity index is 1970. The minimum atomic E-state index is -0.658. The fourth-order valence-corrected chi connectivity index (χ4v) is 10.7. The van der Waals surface area contributed by atoms with Gasteiger partial charge in [0.25, 0.3) is 0 Å². The van der Waals surface area contributed by atoms with Crippen molar-refractivity contribution in [1.82, 2.24) is 0 Å². The van der Waals surface area contributed by atoms with Gasteiger partial charge in [0.15, 0.2) is 11.6 Å². The predicted molar refractivity (Wildman–Crippen MR) is 341 cm³/mol. The second kappa shape index (κ2) is 46.0. The van der Waals surface area contributed by atoms with Crippen LogP contribution in [-0.2, 0) is 33.2 Å². The molecule has 0 bridgehead atoms. The van der Waals surface area contributed by atoms with Crippen LogP contribution in [0.4, 0.5) is 0 Å². The van der Waals surface area contributed by atoms with Crippen LogP contribution in [0, 0.1) is 35.5 Å². The van der Waals surface area contributed by atoms with Gasteiger partial charge in [0, 0.05) is 52.4 Å². The van der Waals surface area contributed by atoms with E-state index >= 15 is 0 Å². The van der Waals surface area contributed by atoms with Gasteiger partial charge in [0.2, 0.25) is 5.79 Å². The standard InChI is InChI=1S/C29H44O4.C22H40O3.C22H38O2/c1-5-7-8-9-10-11-12-13-14-15-16-20-23-26-27(33-29(3,4)32-26)25(6-2)31-28(30)24-21-18-17-19-22-24;1-5-7-8-9-10-11-12-13-14-15-16-17-18-20-21(19(23)6-2)25-22(3,4)24-20;1-5-7-8-9-10-11-12-13-14-15-16-17-19-21-20(18-6-2)23-22(3,4)24-21/h17-19,21-22,25-27H,5-10,13-16,20,23H2,1-4H3;19-21,23H,5-10,13-18H2,1-4H3;18,21H,5-10,13-17,19H2,1-4H3/b;;20-18-/t25-,26+,27-;19-,20-,21+;21-/m011/s1. The Balaban J connectivity index is 0.000000428. The number of aliphatic hydroxyl groups excluding tert-OH is 1. The molecule has 0 amide bonds. The second-order valence-corrected chi connectivity index (χ2v) is 24.4. The van der Waals surface area contributed by atoms with Gasteiger partial charge in [-0.2, -0.15) is 0 Å².